The van der Waals surface area contributed by atoms with Crippen LogP contribution in [0.1, 0.15) is 30.5 Å². The van der Waals surface area contributed by atoms with Gasteiger partial charge in [-0.05, 0) is 55.8 Å². The van der Waals surface area contributed by atoms with Gasteiger partial charge in [0.1, 0.15) is 23.2 Å². The summed E-state index contributed by atoms with van der Waals surface area (Å²) in [5, 5.41) is 11.8. The van der Waals surface area contributed by atoms with Crippen molar-refractivity contribution in [2.75, 3.05) is 20.2 Å². The Bertz CT molecular complexity index is 1320. The predicted octanol–water partition coefficient (Wildman–Crippen LogP) is 5.30. The molecule has 4 heterocycles. The number of pyridine rings is 2. The molecule has 1 saturated heterocycles. The van der Waals surface area contributed by atoms with Crippen molar-refractivity contribution in [3.8, 4) is 22.9 Å². The second-order valence-corrected chi connectivity index (χ2v) is 8.35. The summed E-state index contributed by atoms with van der Waals surface area (Å²) in [6.45, 7) is 3.00. The van der Waals surface area contributed by atoms with Gasteiger partial charge in [-0.1, -0.05) is 18.0 Å². The van der Waals surface area contributed by atoms with Crippen LogP contribution in [0, 0.1) is 11.3 Å². The van der Waals surface area contributed by atoms with Crippen molar-refractivity contribution in [2.24, 2.45) is 0 Å². The van der Waals surface area contributed by atoms with E-state index in [-0.39, 0.29) is 0 Å². The van der Waals surface area contributed by atoms with Gasteiger partial charge in [-0.3, -0.25) is 4.90 Å². The molecule has 3 aromatic heterocycles. The van der Waals surface area contributed by atoms with Gasteiger partial charge in [0.05, 0.1) is 18.8 Å². The van der Waals surface area contributed by atoms with Gasteiger partial charge in [0, 0.05) is 39.7 Å². The molecule has 0 atom stereocenters. The number of methoxy groups -OCH3 is 1. The molecule has 7 heteroatoms. The summed E-state index contributed by atoms with van der Waals surface area (Å²) in [6, 6.07) is 9.97. The van der Waals surface area contributed by atoms with E-state index in [1.54, 1.807) is 19.4 Å². The van der Waals surface area contributed by atoms with E-state index in [1.807, 2.05) is 18.3 Å². The van der Waals surface area contributed by atoms with Crippen molar-refractivity contribution in [1.29, 1.82) is 5.26 Å². The molecule has 1 N–H and O–H groups in total. The first-order valence-electron chi connectivity index (χ1n) is 10.4. The SMILES string of the molecule is COc1cc(-c2cnc3[nH]c4cnc(C#N)cc4c3c2)cc(Cl)c1CN1CCCCC1. The minimum absolute atomic E-state index is 0.380. The lowest BCUT2D eigenvalue weighted by Gasteiger charge is -2.27. The number of nitrogens with zero attached hydrogens (tertiary/aromatic N) is 4. The molecule has 1 aliphatic heterocycles. The fourth-order valence-corrected chi connectivity index (χ4v) is 4.62. The van der Waals surface area contributed by atoms with Crippen molar-refractivity contribution in [3.63, 3.8) is 0 Å². The van der Waals surface area contributed by atoms with Gasteiger partial charge in [0.15, 0.2) is 0 Å². The van der Waals surface area contributed by atoms with Crippen molar-refractivity contribution < 1.29 is 4.74 Å². The number of benzene rings is 1. The third-order valence-corrected chi connectivity index (χ3v) is 6.32. The van der Waals surface area contributed by atoms with Gasteiger partial charge in [-0.15, -0.1) is 0 Å². The van der Waals surface area contributed by atoms with Crippen LogP contribution in [0.2, 0.25) is 5.02 Å². The van der Waals surface area contributed by atoms with E-state index in [0.29, 0.717) is 10.7 Å². The summed E-state index contributed by atoms with van der Waals surface area (Å²) >= 11 is 6.74. The average molecular weight is 432 g/mol. The van der Waals surface area contributed by atoms with Crippen molar-refractivity contribution >= 4 is 33.5 Å². The average Bonchev–Trinajstić information content (AvgIpc) is 3.18. The normalized spacial score (nSPS) is 14.7. The maximum absolute atomic E-state index is 9.20. The molecule has 0 radical (unpaired) electrons. The van der Waals surface area contributed by atoms with Crippen LogP contribution in [-0.4, -0.2) is 40.1 Å². The highest BCUT2D eigenvalue weighted by Gasteiger charge is 2.18. The fraction of sp³-hybridized carbons (Fsp3) is 0.292. The molecular weight excluding hydrogens is 410 g/mol. The highest BCUT2D eigenvalue weighted by Crippen LogP contribution is 2.36. The standard InChI is InChI=1S/C24H22ClN5O/c1-31-23-9-15(8-21(25)20(23)14-30-5-3-2-4-6-30)16-7-19-18-10-17(11-26)27-13-22(18)29-24(19)28-12-16/h7-10,12-13H,2-6,14H2,1H3,(H,28,29). The van der Waals surface area contributed by atoms with Gasteiger partial charge in [-0.25, -0.2) is 9.97 Å². The molecule has 0 spiro atoms. The molecule has 4 aromatic rings. The van der Waals surface area contributed by atoms with E-state index in [9.17, 15) is 5.26 Å². The molecule has 1 aliphatic rings. The number of ether oxygens (including phenoxy) is 1. The second-order valence-electron chi connectivity index (χ2n) is 7.95. The van der Waals surface area contributed by atoms with E-state index in [1.165, 1.54) is 19.3 Å². The van der Waals surface area contributed by atoms with E-state index >= 15 is 0 Å². The number of aromatic nitrogens is 3. The highest BCUT2D eigenvalue weighted by atomic mass is 35.5. The van der Waals surface area contributed by atoms with Crippen LogP contribution < -0.4 is 4.74 Å². The van der Waals surface area contributed by atoms with Crippen LogP contribution in [0.5, 0.6) is 5.75 Å². The van der Waals surface area contributed by atoms with E-state index in [4.69, 9.17) is 16.3 Å². The van der Waals surface area contributed by atoms with Gasteiger partial charge < -0.3 is 9.72 Å². The van der Waals surface area contributed by atoms with E-state index in [2.05, 4.69) is 32.0 Å². The van der Waals surface area contributed by atoms with Crippen molar-refractivity contribution in [1.82, 2.24) is 19.9 Å². The smallest absolute Gasteiger partial charge is 0.141 e. The number of hydrogen-bond acceptors (Lipinski definition) is 5. The predicted molar refractivity (Wildman–Crippen MR) is 122 cm³/mol. The largest absolute Gasteiger partial charge is 0.496 e. The Morgan fingerprint density at radius 3 is 2.68 bits per heavy atom. The molecule has 6 nitrogen and oxygen atoms in total. The van der Waals surface area contributed by atoms with Crippen LogP contribution >= 0.6 is 11.6 Å². The monoisotopic (exact) mass is 431 g/mol. The van der Waals surface area contributed by atoms with E-state index < -0.39 is 0 Å². The Morgan fingerprint density at radius 1 is 1.06 bits per heavy atom. The molecular formula is C24H22ClN5O. The first kappa shape index (κ1) is 19.8. The summed E-state index contributed by atoms with van der Waals surface area (Å²) < 4.78 is 5.72. The number of H-pyrrole nitrogens is 1. The molecule has 0 unspecified atom stereocenters. The van der Waals surface area contributed by atoms with Crippen LogP contribution in [0.25, 0.3) is 33.1 Å². The van der Waals surface area contributed by atoms with Gasteiger partial charge in [-0.2, -0.15) is 5.26 Å². The molecule has 156 valence electrons. The molecule has 1 fully saturated rings. The Kier molecular flexibility index (Phi) is 5.23. The molecule has 5 rings (SSSR count). The number of hydrogen-bond donors (Lipinski definition) is 1. The minimum atomic E-state index is 0.380. The quantitative estimate of drug-likeness (QED) is 0.474. The van der Waals surface area contributed by atoms with E-state index in [0.717, 1.165) is 64.0 Å². The lowest BCUT2D eigenvalue weighted by molar-refractivity contribution is 0.218. The zero-order valence-electron chi connectivity index (χ0n) is 17.3. The van der Waals surface area contributed by atoms with Crippen LogP contribution in [0.3, 0.4) is 0 Å². The zero-order chi connectivity index (χ0) is 21.4. The number of nitriles is 1. The number of halogens is 1. The van der Waals surface area contributed by atoms with Crippen molar-refractivity contribution in [2.45, 2.75) is 25.8 Å². The molecule has 0 aliphatic carbocycles. The lowest BCUT2D eigenvalue weighted by Crippen LogP contribution is -2.29. The summed E-state index contributed by atoms with van der Waals surface area (Å²) in [4.78, 5) is 14.4. The first-order valence-corrected chi connectivity index (χ1v) is 10.8. The number of nitrogens with one attached hydrogen (secondary N) is 1. The molecule has 0 saturated carbocycles. The molecule has 0 bridgehead atoms. The van der Waals surface area contributed by atoms with Crippen LogP contribution in [-0.2, 0) is 6.54 Å². The third-order valence-electron chi connectivity index (χ3n) is 5.99. The number of piperidine rings is 1. The van der Waals surface area contributed by atoms with Gasteiger partial charge in [0.25, 0.3) is 0 Å². The van der Waals surface area contributed by atoms with Crippen LogP contribution in [0.4, 0.5) is 0 Å². The first-order chi connectivity index (χ1) is 15.2. The minimum Gasteiger partial charge on any atom is -0.496 e. The fourth-order valence-electron chi connectivity index (χ4n) is 4.35. The number of likely N-dealkylation sites (tertiary alicyclic amines) is 1. The summed E-state index contributed by atoms with van der Waals surface area (Å²) in [5.41, 5.74) is 4.91. The maximum Gasteiger partial charge on any atom is 0.141 e. The number of aromatic amines is 1. The highest BCUT2D eigenvalue weighted by molar-refractivity contribution is 6.32. The molecule has 0 amide bonds. The van der Waals surface area contributed by atoms with Gasteiger partial charge in [0.2, 0.25) is 0 Å². The number of rotatable bonds is 4. The van der Waals surface area contributed by atoms with Gasteiger partial charge >= 0.3 is 0 Å². The maximum atomic E-state index is 9.20. The topological polar surface area (TPSA) is 77.8 Å². The Balaban J connectivity index is 1.56. The van der Waals surface area contributed by atoms with Crippen LogP contribution in [0.15, 0.2) is 36.7 Å². The third kappa shape index (κ3) is 3.71. The Morgan fingerprint density at radius 2 is 1.90 bits per heavy atom. The molecule has 1 aromatic carbocycles. The van der Waals surface area contributed by atoms with Crippen molar-refractivity contribution in [3.05, 3.63) is 52.9 Å². The second kappa shape index (κ2) is 8.18. The zero-order valence-corrected chi connectivity index (χ0v) is 18.0. The summed E-state index contributed by atoms with van der Waals surface area (Å²) in [7, 11) is 1.69. The summed E-state index contributed by atoms with van der Waals surface area (Å²) in [6.07, 6.45) is 7.26. The number of fused-ring (bicyclic) bond motifs is 3. The summed E-state index contributed by atoms with van der Waals surface area (Å²) in [5.74, 6) is 0.795. The lowest BCUT2D eigenvalue weighted by atomic mass is 10.0. The molecule has 31 heavy (non-hydrogen) atoms. The Labute approximate surface area is 185 Å². The Hall–Kier alpha value is -3.14.